The van der Waals surface area contributed by atoms with Gasteiger partial charge in [0.2, 0.25) is 0 Å². The highest BCUT2D eigenvalue weighted by Crippen LogP contribution is 2.57. The van der Waals surface area contributed by atoms with Gasteiger partial charge in [0.1, 0.15) is 5.31 Å². The van der Waals surface area contributed by atoms with Gasteiger partial charge in [0.05, 0.1) is 19.8 Å². The molecule has 0 aliphatic carbocycles. The van der Waals surface area contributed by atoms with E-state index in [0.717, 1.165) is 10.9 Å². The minimum Gasteiger partial charge on any atom is -0.462 e. The SMILES string of the molecule is CCOC(=O)/C(=C\c1c[nH]c2ccccc12)P(=O)(OCC)OCC. The lowest BCUT2D eigenvalue weighted by atomic mass is 10.1. The van der Waals surface area contributed by atoms with Gasteiger partial charge >= 0.3 is 13.6 Å². The van der Waals surface area contributed by atoms with Crippen molar-refractivity contribution >= 4 is 30.5 Å². The molecule has 2 rings (SSSR count). The van der Waals surface area contributed by atoms with Crippen LogP contribution in [0.15, 0.2) is 35.8 Å². The predicted molar refractivity (Wildman–Crippen MR) is 93.8 cm³/mol. The maximum absolute atomic E-state index is 13.1. The summed E-state index contributed by atoms with van der Waals surface area (Å²) in [7, 11) is -3.76. The van der Waals surface area contributed by atoms with E-state index in [4.69, 9.17) is 13.8 Å². The first-order valence-electron chi connectivity index (χ1n) is 7.90. The van der Waals surface area contributed by atoms with Gasteiger partial charge in [-0.15, -0.1) is 0 Å². The maximum atomic E-state index is 13.1. The van der Waals surface area contributed by atoms with Crippen LogP contribution >= 0.6 is 7.60 Å². The van der Waals surface area contributed by atoms with Crippen molar-refractivity contribution < 1.29 is 23.1 Å². The molecule has 0 saturated heterocycles. The molecule has 0 bridgehead atoms. The number of benzene rings is 1. The molecule has 0 atom stereocenters. The summed E-state index contributed by atoms with van der Waals surface area (Å²) in [5.41, 5.74) is 1.63. The topological polar surface area (TPSA) is 77.6 Å². The number of esters is 1. The van der Waals surface area contributed by atoms with Gasteiger partial charge in [-0.1, -0.05) is 18.2 Å². The molecular weight excluding hydrogens is 329 g/mol. The van der Waals surface area contributed by atoms with Crippen LogP contribution in [-0.2, 0) is 23.1 Å². The zero-order valence-corrected chi connectivity index (χ0v) is 15.0. The van der Waals surface area contributed by atoms with Crippen LogP contribution < -0.4 is 0 Å². The third-order valence-corrected chi connectivity index (χ3v) is 5.39. The summed E-state index contributed by atoms with van der Waals surface area (Å²) in [4.78, 5) is 15.5. The summed E-state index contributed by atoms with van der Waals surface area (Å²) in [6.45, 7) is 5.56. The second kappa shape index (κ2) is 8.29. The molecule has 0 aliphatic heterocycles. The largest absolute Gasteiger partial charge is 0.462 e. The van der Waals surface area contributed by atoms with E-state index in [2.05, 4.69) is 4.98 Å². The highest BCUT2D eigenvalue weighted by Gasteiger charge is 2.36. The Labute approximate surface area is 141 Å². The number of carbonyl (C=O) groups is 1. The van der Waals surface area contributed by atoms with E-state index >= 15 is 0 Å². The number of aromatic nitrogens is 1. The smallest absolute Gasteiger partial charge is 0.368 e. The molecule has 2 aromatic rings. The van der Waals surface area contributed by atoms with Crippen LogP contribution in [0.2, 0.25) is 0 Å². The van der Waals surface area contributed by atoms with Crippen LogP contribution in [0.4, 0.5) is 0 Å². The summed E-state index contributed by atoms with van der Waals surface area (Å²) >= 11 is 0. The fourth-order valence-electron chi connectivity index (χ4n) is 2.33. The van der Waals surface area contributed by atoms with Crippen LogP contribution in [0, 0.1) is 0 Å². The van der Waals surface area contributed by atoms with Crippen molar-refractivity contribution in [1.29, 1.82) is 0 Å². The van der Waals surface area contributed by atoms with Crippen molar-refractivity contribution in [3.05, 3.63) is 41.3 Å². The molecule has 0 unspecified atom stereocenters. The van der Waals surface area contributed by atoms with Gasteiger partial charge in [0.15, 0.2) is 0 Å². The molecule has 0 aliphatic rings. The van der Waals surface area contributed by atoms with Gasteiger partial charge in [-0.3, -0.25) is 4.57 Å². The van der Waals surface area contributed by atoms with Gasteiger partial charge in [-0.2, -0.15) is 0 Å². The molecule has 1 heterocycles. The average molecular weight is 351 g/mol. The van der Waals surface area contributed by atoms with Crippen LogP contribution in [0.25, 0.3) is 17.0 Å². The van der Waals surface area contributed by atoms with Crippen LogP contribution in [-0.4, -0.2) is 30.8 Å². The molecule has 1 aromatic carbocycles. The second-order valence-electron chi connectivity index (χ2n) is 4.87. The Bertz CT molecular complexity index is 770. The van der Waals surface area contributed by atoms with Crippen LogP contribution in [0.3, 0.4) is 0 Å². The Hall–Kier alpha value is -1.88. The van der Waals surface area contributed by atoms with Crippen molar-refractivity contribution in [2.24, 2.45) is 0 Å². The highest BCUT2D eigenvalue weighted by atomic mass is 31.2. The molecule has 130 valence electrons. The van der Waals surface area contributed by atoms with Crippen molar-refractivity contribution in [3.8, 4) is 0 Å². The summed E-state index contributed by atoms with van der Waals surface area (Å²) in [6, 6.07) is 7.63. The molecule has 24 heavy (non-hydrogen) atoms. The summed E-state index contributed by atoms with van der Waals surface area (Å²) in [6.07, 6.45) is 3.26. The number of aromatic amines is 1. The van der Waals surface area contributed by atoms with Crippen LogP contribution in [0.1, 0.15) is 26.3 Å². The third-order valence-electron chi connectivity index (χ3n) is 3.29. The molecule has 0 spiro atoms. The van der Waals surface area contributed by atoms with E-state index in [1.165, 1.54) is 6.08 Å². The Kier molecular flexibility index (Phi) is 6.37. The number of ether oxygens (including phenoxy) is 1. The van der Waals surface area contributed by atoms with Gasteiger partial charge < -0.3 is 18.8 Å². The Morgan fingerprint density at radius 1 is 1.12 bits per heavy atom. The Morgan fingerprint density at radius 3 is 2.42 bits per heavy atom. The zero-order valence-electron chi connectivity index (χ0n) is 14.1. The number of nitrogens with one attached hydrogen (secondary N) is 1. The number of carbonyl (C=O) groups excluding carboxylic acids is 1. The third kappa shape index (κ3) is 3.96. The van der Waals surface area contributed by atoms with Gasteiger partial charge in [-0.05, 0) is 32.9 Å². The first-order chi connectivity index (χ1) is 11.6. The van der Waals surface area contributed by atoms with E-state index in [1.54, 1.807) is 27.0 Å². The molecule has 1 N–H and O–H groups in total. The van der Waals surface area contributed by atoms with Crippen LogP contribution in [0.5, 0.6) is 0 Å². The lowest BCUT2D eigenvalue weighted by molar-refractivity contribution is -0.137. The van der Waals surface area contributed by atoms with E-state index < -0.39 is 13.6 Å². The monoisotopic (exact) mass is 351 g/mol. The first kappa shape index (κ1) is 18.5. The minimum absolute atomic E-state index is 0.0993. The van der Waals surface area contributed by atoms with Gasteiger partial charge in [-0.25, -0.2) is 4.79 Å². The Morgan fingerprint density at radius 2 is 1.79 bits per heavy atom. The van der Waals surface area contributed by atoms with E-state index in [0.29, 0.717) is 5.56 Å². The quantitative estimate of drug-likeness (QED) is 0.435. The van der Waals surface area contributed by atoms with Gasteiger partial charge in [0, 0.05) is 22.7 Å². The lowest BCUT2D eigenvalue weighted by Gasteiger charge is -2.18. The molecule has 6 nitrogen and oxygen atoms in total. The number of para-hydroxylation sites is 1. The first-order valence-corrected chi connectivity index (χ1v) is 9.44. The van der Waals surface area contributed by atoms with E-state index in [-0.39, 0.29) is 25.1 Å². The van der Waals surface area contributed by atoms with Crippen molar-refractivity contribution in [3.63, 3.8) is 0 Å². The fraction of sp³-hybridized carbons (Fsp3) is 0.353. The molecule has 7 heteroatoms. The Balaban J connectivity index is 2.56. The number of rotatable bonds is 8. The normalized spacial score (nSPS) is 12.5. The standard InChI is InChI=1S/C17H22NO5P/c1-4-21-17(19)16(24(20,22-5-2)23-6-3)11-13-12-18-15-10-8-7-9-14(13)15/h7-12,18H,4-6H2,1-3H3/b16-11+. The molecule has 0 saturated carbocycles. The number of hydrogen-bond acceptors (Lipinski definition) is 5. The lowest BCUT2D eigenvalue weighted by Crippen LogP contribution is -2.11. The molecule has 0 fully saturated rings. The van der Waals surface area contributed by atoms with Gasteiger partial charge in [0.25, 0.3) is 0 Å². The summed E-state index contributed by atoms with van der Waals surface area (Å²) in [5.74, 6) is -0.701. The van der Waals surface area contributed by atoms with Crippen molar-refractivity contribution in [2.75, 3.05) is 19.8 Å². The number of H-pyrrole nitrogens is 1. The average Bonchev–Trinajstić information content (AvgIpc) is 2.96. The minimum atomic E-state index is -3.76. The highest BCUT2D eigenvalue weighted by molar-refractivity contribution is 7.60. The molecule has 0 amide bonds. The zero-order chi connectivity index (χ0) is 17.6. The van der Waals surface area contributed by atoms with Crippen molar-refractivity contribution in [1.82, 2.24) is 4.98 Å². The summed E-state index contributed by atoms with van der Waals surface area (Å²) in [5, 5.41) is 0.802. The van der Waals surface area contributed by atoms with Crippen molar-refractivity contribution in [2.45, 2.75) is 20.8 Å². The molecule has 0 radical (unpaired) electrons. The molecule has 1 aromatic heterocycles. The second-order valence-corrected chi connectivity index (χ2v) is 6.87. The summed E-state index contributed by atoms with van der Waals surface area (Å²) < 4.78 is 28.8. The predicted octanol–water partition coefficient (Wildman–Crippen LogP) is 4.34. The maximum Gasteiger partial charge on any atom is 0.368 e. The number of fused-ring (bicyclic) bond motifs is 1. The molecular formula is C17H22NO5P. The fourth-order valence-corrected chi connectivity index (χ4v) is 3.95. The van der Waals surface area contributed by atoms with E-state index in [1.807, 2.05) is 24.3 Å². The number of hydrogen-bond donors (Lipinski definition) is 1. The van der Waals surface area contributed by atoms with E-state index in [9.17, 15) is 9.36 Å².